The minimum Gasteiger partial charge on any atom is -0.396 e. The first-order valence-corrected chi connectivity index (χ1v) is 6.97. The van der Waals surface area contributed by atoms with E-state index in [0.29, 0.717) is 12.2 Å². The van der Waals surface area contributed by atoms with Gasteiger partial charge in [-0.05, 0) is 17.7 Å². The summed E-state index contributed by atoms with van der Waals surface area (Å²) in [5, 5.41) is 8.68. The fourth-order valence-electron chi connectivity index (χ4n) is 2.06. The Morgan fingerprint density at radius 1 is 1.20 bits per heavy atom. The molecule has 0 unspecified atom stereocenters. The van der Waals surface area contributed by atoms with E-state index in [2.05, 4.69) is 38.3 Å². The third kappa shape index (κ3) is 2.60. The number of rotatable bonds is 3. The minimum atomic E-state index is 0.662. The molecule has 0 saturated carbocycles. The number of aromatic nitrogens is 4. The van der Waals surface area contributed by atoms with E-state index in [1.807, 2.05) is 36.3 Å². The topological polar surface area (TPSA) is 61.7 Å². The van der Waals surface area contributed by atoms with Crippen molar-refractivity contribution in [3.8, 4) is 11.3 Å². The Morgan fingerprint density at radius 2 is 1.95 bits per heavy atom. The van der Waals surface area contributed by atoms with E-state index in [9.17, 15) is 0 Å². The van der Waals surface area contributed by atoms with Gasteiger partial charge >= 0.3 is 0 Å². The number of nitrogen functional groups attached to an aromatic ring is 1. The summed E-state index contributed by atoms with van der Waals surface area (Å²) in [6, 6.07) is 8.16. The lowest BCUT2D eigenvalue weighted by molar-refractivity contribution is 0.689. The number of anilines is 1. The highest BCUT2D eigenvalue weighted by atomic mass is 79.9. The highest BCUT2D eigenvalue weighted by Crippen LogP contribution is 2.23. The van der Waals surface area contributed by atoms with Crippen LogP contribution in [0.4, 0.5) is 5.69 Å². The standard InChI is InChI=1S/C14H14BrN5/c1-19-8-11(6-17-19)14-13(16)9-20(18-14)7-10-2-4-12(15)5-3-10/h2-6,8-9H,7,16H2,1H3. The van der Waals surface area contributed by atoms with Crippen molar-refractivity contribution < 1.29 is 0 Å². The predicted molar refractivity (Wildman–Crippen MR) is 82.1 cm³/mol. The largest absolute Gasteiger partial charge is 0.396 e. The van der Waals surface area contributed by atoms with Crippen LogP contribution in [0.1, 0.15) is 5.56 Å². The Balaban J connectivity index is 1.87. The molecule has 0 atom stereocenters. The molecule has 0 bridgehead atoms. The van der Waals surface area contributed by atoms with Gasteiger partial charge in [-0.15, -0.1) is 0 Å². The van der Waals surface area contributed by atoms with Gasteiger partial charge in [0.1, 0.15) is 5.69 Å². The quantitative estimate of drug-likeness (QED) is 0.802. The second-order valence-corrected chi connectivity index (χ2v) is 5.58. The molecule has 0 aliphatic carbocycles. The molecule has 0 fully saturated rings. The zero-order chi connectivity index (χ0) is 14.1. The van der Waals surface area contributed by atoms with Crippen LogP contribution in [-0.4, -0.2) is 19.6 Å². The molecule has 5 nitrogen and oxygen atoms in total. The summed E-state index contributed by atoms with van der Waals surface area (Å²) in [6.07, 6.45) is 5.52. The minimum absolute atomic E-state index is 0.662. The van der Waals surface area contributed by atoms with Crippen LogP contribution in [0, 0.1) is 0 Å². The second kappa shape index (κ2) is 5.13. The first-order valence-electron chi connectivity index (χ1n) is 6.18. The Morgan fingerprint density at radius 3 is 2.60 bits per heavy atom. The molecule has 20 heavy (non-hydrogen) atoms. The lowest BCUT2D eigenvalue weighted by atomic mass is 10.2. The molecule has 0 saturated heterocycles. The summed E-state index contributed by atoms with van der Waals surface area (Å²) < 4.78 is 4.65. The summed E-state index contributed by atoms with van der Waals surface area (Å²) in [5.41, 5.74) is 9.57. The third-order valence-electron chi connectivity index (χ3n) is 3.03. The van der Waals surface area contributed by atoms with Crippen molar-refractivity contribution in [2.45, 2.75) is 6.54 Å². The van der Waals surface area contributed by atoms with Crippen LogP contribution in [-0.2, 0) is 13.6 Å². The molecular weight excluding hydrogens is 318 g/mol. The van der Waals surface area contributed by atoms with Crippen LogP contribution in [0.2, 0.25) is 0 Å². The van der Waals surface area contributed by atoms with Gasteiger partial charge in [0, 0.05) is 29.5 Å². The van der Waals surface area contributed by atoms with Crippen LogP contribution in [0.5, 0.6) is 0 Å². The van der Waals surface area contributed by atoms with Crippen LogP contribution in [0.25, 0.3) is 11.3 Å². The number of aryl methyl sites for hydroxylation is 1. The molecule has 0 spiro atoms. The van der Waals surface area contributed by atoms with Crippen molar-refractivity contribution in [2.24, 2.45) is 7.05 Å². The lowest BCUT2D eigenvalue weighted by Gasteiger charge is -2.01. The number of hydrogen-bond acceptors (Lipinski definition) is 3. The van der Waals surface area contributed by atoms with Gasteiger partial charge in [0.15, 0.2) is 0 Å². The maximum atomic E-state index is 6.03. The molecule has 0 aliphatic heterocycles. The smallest absolute Gasteiger partial charge is 0.118 e. The Bertz CT molecular complexity index is 726. The van der Waals surface area contributed by atoms with E-state index in [0.717, 1.165) is 15.7 Å². The number of benzene rings is 1. The zero-order valence-corrected chi connectivity index (χ0v) is 12.6. The molecule has 102 valence electrons. The van der Waals surface area contributed by atoms with Crippen LogP contribution >= 0.6 is 15.9 Å². The summed E-state index contributed by atoms with van der Waals surface area (Å²) in [7, 11) is 1.87. The number of nitrogens with zero attached hydrogens (tertiary/aromatic N) is 4. The summed E-state index contributed by atoms with van der Waals surface area (Å²) in [6.45, 7) is 0.692. The Hall–Kier alpha value is -2.08. The molecule has 6 heteroatoms. The Labute approximate surface area is 125 Å². The lowest BCUT2D eigenvalue weighted by Crippen LogP contribution is -2.00. The average Bonchev–Trinajstić information content (AvgIpc) is 2.98. The molecule has 2 aromatic heterocycles. The van der Waals surface area contributed by atoms with Gasteiger partial charge in [0.2, 0.25) is 0 Å². The molecule has 3 rings (SSSR count). The van der Waals surface area contributed by atoms with E-state index in [1.165, 1.54) is 5.56 Å². The molecular formula is C14H14BrN5. The zero-order valence-electron chi connectivity index (χ0n) is 11.0. The molecule has 3 aromatic rings. The predicted octanol–water partition coefficient (Wildman–Crippen LogP) is 2.68. The van der Waals surface area contributed by atoms with Gasteiger partial charge in [0.05, 0.1) is 18.4 Å². The van der Waals surface area contributed by atoms with E-state index < -0.39 is 0 Å². The van der Waals surface area contributed by atoms with Crippen molar-refractivity contribution in [1.29, 1.82) is 0 Å². The normalized spacial score (nSPS) is 10.9. The fraction of sp³-hybridized carbons (Fsp3) is 0.143. The van der Waals surface area contributed by atoms with Crippen molar-refractivity contribution in [3.63, 3.8) is 0 Å². The number of hydrogen-bond donors (Lipinski definition) is 1. The first-order chi connectivity index (χ1) is 9.61. The van der Waals surface area contributed by atoms with Crippen LogP contribution < -0.4 is 5.73 Å². The number of halogens is 1. The Kier molecular flexibility index (Phi) is 3.31. The summed E-state index contributed by atoms with van der Waals surface area (Å²) >= 11 is 3.43. The van der Waals surface area contributed by atoms with E-state index in [4.69, 9.17) is 5.73 Å². The maximum Gasteiger partial charge on any atom is 0.118 e. The molecule has 1 aromatic carbocycles. The van der Waals surface area contributed by atoms with Gasteiger partial charge in [0.25, 0.3) is 0 Å². The summed E-state index contributed by atoms with van der Waals surface area (Å²) in [5.74, 6) is 0. The van der Waals surface area contributed by atoms with Crippen molar-refractivity contribution in [3.05, 3.63) is 52.9 Å². The van der Waals surface area contributed by atoms with Crippen molar-refractivity contribution in [1.82, 2.24) is 19.6 Å². The third-order valence-corrected chi connectivity index (χ3v) is 3.55. The molecule has 0 amide bonds. The van der Waals surface area contributed by atoms with Crippen molar-refractivity contribution in [2.75, 3.05) is 5.73 Å². The maximum absolute atomic E-state index is 6.03. The number of nitrogens with two attached hydrogens (primary N) is 1. The van der Waals surface area contributed by atoms with Gasteiger partial charge in [-0.1, -0.05) is 28.1 Å². The molecule has 2 heterocycles. The monoisotopic (exact) mass is 331 g/mol. The van der Waals surface area contributed by atoms with E-state index in [1.54, 1.807) is 10.9 Å². The molecule has 0 radical (unpaired) electrons. The van der Waals surface area contributed by atoms with Crippen molar-refractivity contribution >= 4 is 21.6 Å². The molecule has 2 N–H and O–H groups in total. The highest BCUT2D eigenvalue weighted by Gasteiger charge is 2.10. The van der Waals surface area contributed by atoms with Crippen LogP contribution in [0.3, 0.4) is 0 Å². The molecule has 0 aliphatic rings. The first kappa shape index (κ1) is 12.9. The van der Waals surface area contributed by atoms with Gasteiger partial charge < -0.3 is 5.73 Å². The second-order valence-electron chi connectivity index (χ2n) is 4.66. The highest BCUT2D eigenvalue weighted by molar-refractivity contribution is 9.10. The van der Waals surface area contributed by atoms with Gasteiger partial charge in [-0.3, -0.25) is 9.36 Å². The van der Waals surface area contributed by atoms with Crippen LogP contribution in [0.15, 0.2) is 47.3 Å². The van der Waals surface area contributed by atoms with E-state index >= 15 is 0 Å². The average molecular weight is 332 g/mol. The summed E-state index contributed by atoms with van der Waals surface area (Å²) in [4.78, 5) is 0. The van der Waals surface area contributed by atoms with E-state index in [-0.39, 0.29) is 0 Å². The van der Waals surface area contributed by atoms with Gasteiger partial charge in [-0.25, -0.2) is 0 Å². The fourth-order valence-corrected chi connectivity index (χ4v) is 2.33. The van der Waals surface area contributed by atoms with Gasteiger partial charge in [-0.2, -0.15) is 10.2 Å². The SMILES string of the molecule is Cn1cc(-c2nn(Cc3ccc(Br)cc3)cc2N)cn1.